The van der Waals surface area contributed by atoms with Gasteiger partial charge in [-0.3, -0.25) is 0 Å². The second-order valence-electron chi connectivity index (χ2n) is 10.4. The van der Waals surface area contributed by atoms with Crippen molar-refractivity contribution in [2.24, 2.45) is 34.5 Å². The molecule has 0 heterocycles. The predicted octanol–water partition coefficient (Wildman–Crippen LogP) is 3.72. The van der Waals surface area contributed by atoms with Crippen LogP contribution in [-0.4, -0.2) is 26.4 Å². The first-order valence-electron chi connectivity index (χ1n) is 11.4. The summed E-state index contributed by atoms with van der Waals surface area (Å²) in [4.78, 5) is 11.3. The second kappa shape index (κ2) is 14.3. The Labute approximate surface area is 213 Å². The fourth-order valence-electron chi connectivity index (χ4n) is 4.73. The molecule has 0 fully saturated rings. The molecule has 4 heteroatoms. The number of aliphatic hydroxyl groups is 1. The van der Waals surface area contributed by atoms with Crippen LogP contribution in [0.25, 0.3) is 0 Å². The average Bonchev–Trinajstić information content (AvgIpc) is 2.69. The van der Waals surface area contributed by atoms with Crippen LogP contribution in [0.15, 0.2) is 23.3 Å². The normalized spacial score (nSPS) is 28.1. The molecule has 0 saturated heterocycles. The third-order valence-corrected chi connectivity index (χ3v) is 8.11. The van der Waals surface area contributed by atoms with E-state index in [9.17, 15) is 9.90 Å². The number of hydrogen-bond donors (Lipinski definition) is 1. The molecule has 2 aliphatic rings. The van der Waals surface area contributed by atoms with Gasteiger partial charge in [0.05, 0.1) is 0 Å². The smallest absolute Gasteiger partial charge is 1.00 e. The molecular weight excluding hydrogens is 378 g/mol. The number of hydrogen-bond acceptors (Lipinski definition) is 2. The summed E-state index contributed by atoms with van der Waals surface area (Å²) in [7, 11) is 0. The molecule has 4 atom stereocenters. The fraction of sp³-hybridized carbons (Fsp3) is 0.808. The second-order valence-corrected chi connectivity index (χ2v) is 10.4. The van der Waals surface area contributed by atoms with Gasteiger partial charge in [-0.2, -0.15) is 0 Å². The monoisotopic (exact) mass is 425 g/mol. The van der Waals surface area contributed by atoms with E-state index >= 15 is 0 Å². The van der Waals surface area contributed by atoms with Gasteiger partial charge in [0.1, 0.15) is 6.29 Å². The largest absolute Gasteiger partial charge is 1.00 e. The Hall–Kier alpha value is 0.175. The number of allylic oxidation sites excluding steroid dienone is 4. The van der Waals surface area contributed by atoms with Crippen LogP contribution in [0.4, 0.5) is 0 Å². The first-order chi connectivity index (χ1) is 13.0. The van der Waals surface area contributed by atoms with E-state index in [0.717, 1.165) is 38.5 Å². The topological polar surface area (TPSA) is 37.3 Å². The van der Waals surface area contributed by atoms with Gasteiger partial charge in [-0.15, -0.1) is 0 Å². The predicted molar refractivity (Wildman–Crippen MR) is 128 cm³/mol. The quantitative estimate of drug-likeness (QED) is 0.400. The minimum atomic E-state index is -0.0757. The molecule has 167 valence electrons. The Balaban J connectivity index is -0.000000461. The molecule has 1 N–H and O–H groups in total. The molecule has 0 amide bonds. The number of aldehydes is 1. The summed E-state index contributed by atoms with van der Waals surface area (Å²) in [6.45, 7) is 18.1. The summed E-state index contributed by atoms with van der Waals surface area (Å²) in [5.41, 5.74) is 3.02. The molecule has 4 unspecified atom stereocenters. The van der Waals surface area contributed by atoms with Crippen LogP contribution in [-0.2, 0) is 4.79 Å². The van der Waals surface area contributed by atoms with Crippen molar-refractivity contribution >= 4 is 14.7 Å². The van der Waals surface area contributed by atoms with Crippen LogP contribution in [0.1, 0.15) is 95.3 Å². The Morgan fingerprint density at radius 2 is 1.40 bits per heavy atom. The molecule has 0 aromatic heterocycles. The zero-order valence-electron chi connectivity index (χ0n) is 22.4. The van der Waals surface area contributed by atoms with E-state index < -0.39 is 0 Å². The molecule has 0 saturated carbocycles. The maximum atomic E-state index is 11.3. The van der Waals surface area contributed by atoms with E-state index in [2.05, 4.69) is 67.5 Å². The Kier molecular flexibility index (Phi) is 15.5. The van der Waals surface area contributed by atoms with Crippen LogP contribution in [0.3, 0.4) is 0 Å². The molecule has 0 aromatic rings. The van der Waals surface area contributed by atoms with Gasteiger partial charge in [0, 0.05) is 25.8 Å². The standard InChI is InChI=1S/C13H24O.C13H22O.B.Na.H/c2*1-10(2)12(4)13(9-14)7-5-11(3)6-8-13;;;/h5,10,12,14H,6-9H2,1-4H3;5,9-10,12H,6-8H2,1-4H3;;;/q;;;+1;-1. The van der Waals surface area contributed by atoms with Crippen LogP contribution < -0.4 is 29.6 Å². The number of carbonyl (C=O) groups is 1. The number of carbonyl (C=O) groups excluding carboxylic acids is 1. The molecule has 30 heavy (non-hydrogen) atoms. The van der Waals surface area contributed by atoms with Crippen molar-refractivity contribution in [3.05, 3.63) is 23.3 Å². The molecule has 2 nitrogen and oxygen atoms in total. The van der Waals surface area contributed by atoms with E-state index in [-0.39, 0.29) is 50.2 Å². The van der Waals surface area contributed by atoms with Gasteiger partial charge < -0.3 is 11.3 Å². The fourth-order valence-corrected chi connectivity index (χ4v) is 4.73. The molecule has 0 spiro atoms. The van der Waals surface area contributed by atoms with Crippen molar-refractivity contribution in [3.63, 3.8) is 0 Å². The van der Waals surface area contributed by atoms with Crippen molar-refractivity contribution in [3.8, 4) is 0 Å². The van der Waals surface area contributed by atoms with E-state index in [4.69, 9.17) is 0 Å². The van der Waals surface area contributed by atoms with Crippen LogP contribution in [0.5, 0.6) is 0 Å². The Morgan fingerprint density at radius 3 is 1.70 bits per heavy atom. The molecule has 0 aliphatic heterocycles. The maximum Gasteiger partial charge on any atom is 1.00 e. The van der Waals surface area contributed by atoms with E-state index in [1.165, 1.54) is 17.4 Å². The van der Waals surface area contributed by atoms with E-state index in [1.807, 2.05) is 0 Å². The number of rotatable bonds is 6. The molecule has 2 aliphatic carbocycles. The summed E-state index contributed by atoms with van der Waals surface area (Å²) in [6, 6.07) is 0. The van der Waals surface area contributed by atoms with Crippen molar-refractivity contribution in [2.45, 2.75) is 93.9 Å². The van der Waals surface area contributed by atoms with Gasteiger partial charge >= 0.3 is 29.6 Å². The minimum absolute atomic E-state index is 0. The molecule has 3 radical (unpaired) electrons. The summed E-state index contributed by atoms with van der Waals surface area (Å²) < 4.78 is 0. The summed E-state index contributed by atoms with van der Waals surface area (Å²) in [6.07, 6.45) is 12.2. The molecule has 0 bridgehead atoms. The van der Waals surface area contributed by atoms with Crippen molar-refractivity contribution in [1.82, 2.24) is 0 Å². The van der Waals surface area contributed by atoms with Crippen LogP contribution >= 0.6 is 0 Å². The zero-order valence-corrected chi connectivity index (χ0v) is 23.4. The van der Waals surface area contributed by atoms with Gasteiger partial charge in [0.2, 0.25) is 0 Å². The third-order valence-electron chi connectivity index (χ3n) is 8.11. The Bertz CT molecular complexity index is 576. The van der Waals surface area contributed by atoms with Gasteiger partial charge in [-0.25, -0.2) is 0 Å². The first-order valence-corrected chi connectivity index (χ1v) is 11.4. The van der Waals surface area contributed by atoms with Crippen molar-refractivity contribution < 1.29 is 40.9 Å². The van der Waals surface area contributed by atoms with Gasteiger partial charge in [-0.05, 0) is 76.0 Å². The SMILES string of the molecule is CC1=CCC(C=O)(C(C)C(C)C)CC1.CC1=CCC(CO)(C(C)C(C)C)CC1.[B].[H-].[Na+]. The van der Waals surface area contributed by atoms with Gasteiger partial charge in [0.25, 0.3) is 0 Å². The van der Waals surface area contributed by atoms with Gasteiger partial charge in [0.15, 0.2) is 0 Å². The average molecular weight is 425 g/mol. The van der Waals surface area contributed by atoms with E-state index in [0.29, 0.717) is 30.3 Å². The van der Waals surface area contributed by atoms with E-state index in [1.54, 1.807) is 0 Å². The zero-order chi connectivity index (χ0) is 21.5. The van der Waals surface area contributed by atoms with Crippen LogP contribution in [0, 0.1) is 34.5 Å². The van der Waals surface area contributed by atoms with Gasteiger partial charge in [-0.1, -0.05) is 64.8 Å². The third kappa shape index (κ3) is 8.26. The number of aliphatic hydroxyl groups excluding tert-OH is 1. The van der Waals surface area contributed by atoms with Crippen molar-refractivity contribution in [2.75, 3.05) is 6.61 Å². The minimum Gasteiger partial charge on any atom is -1.00 e. The molecule has 0 aromatic carbocycles. The Morgan fingerprint density at radius 1 is 0.933 bits per heavy atom. The molecule has 2 rings (SSSR count). The van der Waals surface area contributed by atoms with Crippen molar-refractivity contribution in [1.29, 1.82) is 0 Å². The van der Waals surface area contributed by atoms with Crippen LogP contribution in [0.2, 0.25) is 0 Å². The first kappa shape index (κ1) is 32.4. The maximum absolute atomic E-state index is 11.3. The summed E-state index contributed by atoms with van der Waals surface area (Å²) >= 11 is 0. The summed E-state index contributed by atoms with van der Waals surface area (Å²) in [5.74, 6) is 2.35. The molecular formula is C26H47BNaO2. The summed E-state index contributed by atoms with van der Waals surface area (Å²) in [5, 5.41) is 9.62.